The number of esters is 2. The van der Waals surface area contributed by atoms with Gasteiger partial charge in [-0.1, -0.05) is 257 Å². The number of hydrogen-bond donors (Lipinski definition) is 2. The summed E-state index contributed by atoms with van der Waals surface area (Å²) in [7, 11) is -4.76. The first-order chi connectivity index (χ1) is 30.3. The highest BCUT2D eigenvalue weighted by Crippen LogP contribution is 2.36. The maximum Gasteiger partial charge on any atom is 0.469 e. The number of phosphoric acid groups is 1. The van der Waals surface area contributed by atoms with E-state index in [-0.39, 0.29) is 19.4 Å². The van der Waals surface area contributed by atoms with Crippen LogP contribution in [-0.4, -0.2) is 41.0 Å². The molecule has 0 aromatic heterocycles. The molecule has 0 spiro atoms. The quantitative estimate of drug-likeness (QED) is 0.0268. The summed E-state index contributed by atoms with van der Waals surface area (Å²) < 4.78 is 26.6. The van der Waals surface area contributed by atoms with Gasteiger partial charge in [0, 0.05) is 12.8 Å². The SMILES string of the molecule is CCCCCCCC/C=C/CCCCCCCCCCCCCC(=O)O[C@H](COC(=O)CCCCCCCCCCCCCCCCCCCCCCCCC)COP(=O)(O)O. The molecule has 0 radical (unpaired) electrons. The Kier molecular flexibility index (Phi) is 48.3. The summed E-state index contributed by atoms with van der Waals surface area (Å²) in [6.45, 7) is 3.75. The predicted molar refractivity (Wildman–Crippen MR) is 262 cm³/mol. The fourth-order valence-corrected chi connectivity index (χ4v) is 8.62. The first kappa shape index (κ1) is 60.8. The van der Waals surface area contributed by atoms with Gasteiger partial charge in [-0.2, -0.15) is 0 Å². The van der Waals surface area contributed by atoms with Gasteiger partial charge in [0.1, 0.15) is 6.61 Å². The van der Waals surface area contributed by atoms with Crippen molar-refractivity contribution in [3.05, 3.63) is 12.2 Å². The molecule has 0 aliphatic rings. The van der Waals surface area contributed by atoms with Crippen LogP contribution in [-0.2, 0) is 28.2 Å². The highest BCUT2D eigenvalue weighted by Gasteiger charge is 2.23. The summed E-state index contributed by atoms with van der Waals surface area (Å²) in [6.07, 6.45) is 58.1. The molecule has 2 N–H and O–H groups in total. The van der Waals surface area contributed by atoms with Gasteiger partial charge in [-0.15, -0.1) is 0 Å². The van der Waals surface area contributed by atoms with Crippen molar-refractivity contribution >= 4 is 19.8 Å². The van der Waals surface area contributed by atoms with Crippen LogP contribution in [0.3, 0.4) is 0 Å². The molecule has 0 heterocycles. The Morgan fingerprint density at radius 1 is 0.403 bits per heavy atom. The Hall–Kier alpha value is -1.21. The molecule has 0 unspecified atom stereocenters. The lowest BCUT2D eigenvalue weighted by Crippen LogP contribution is -2.29. The fraction of sp³-hybridized carbons (Fsp3) is 0.925. The van der Waals surface area contributed by atoms with Gasteiger partial charge in [0.05, 0.1) is 6.61 Å². The molecule has 1 atom stereocenters. The fourth-order valence-electron chi connectivity index (χ4n) is 8.25. The molecular weight excluding hydrogens is 796 g/mol. The monoisotopic (exact) mass is 899 g/mol. The van der Waals surface area contributed by atoms with Gasteiger partial charge in [0.25, 0.3) is 0 Å². The molecule has 0 saturated heterocycles. The lowest BCUT2D eigenvalue weighted by atomic mass is 10.0. The predicted octanol–water partition coefficient (Wildman–Crippen LogP) is 17.3. The number of rotatable bonds is 51. The normalized spacial score (nSPS) is 12.4. The van der Waals surface area contributed by atoms with Crippen molar-refractivity contribution in [1.29, 1.82) is 0 Å². The first-order valence-electron chi connectivity index (χ1n) is 27.0. The molecule has 368 valence electrons. The Balaban J connectivity index is 3.74. The number of phosphoric ester groups is 1. The second-order valence-corrected chi connectivity index (χ2v) is 19.8. The Labute approximate surface area is 384 Å². The Morgan fingerprint density at radius 2 is 0.677 bits per heavy atom. The molecule has 0 aliphatic heterocycles. The van der Waals surface area contributed by atoms with Crippen LogP contribution in [0.25, 0.3) is 0 Å². The van der Waals surface area contributed by atoms with Crippen LogP contribution in [0.15, 0.2) is 12.2 Å². The maximum atomic E-state index is 12.5. The van der Waals surface area contributed by atoms with Gasteiger partial charge < -0.3 is 19.3 Å². The minimum Gasteiger partial charge on any atom is -0.462 e. The molecule has 0 fully saturated rings. The van der Waals surface area contributed by atoms with Gasteiger partial charge in [-0.3, -0.25) is 14.1 Å². The third-order valence-corrected chi connectivity index (χ3v) is 12.8. The van der Waals surface area contributed by atoms with Crippen molar-refractivity contribution in [2.75, 3.05) is 13.2 Å². The van der Waals surface area contributed by atoms with Gasteiger partial charge in [-0.05, 0) is 38.5 Å². The van der Waals surface area contributed by atoms with Crippen LogP contribution < -0.4 is 0 Å². The van der Waals surface area contributed by atoms with Crippen LogP contribution in [0.2, 0.25) is 0 Å². The van der Waals surface area contributed by atoms with Crippen molar-refractivity contribution in [2.24, 2.45) is 0 Å². The largest absolute Gasteiger partial charge is 0.469 e. The molecule has 0 rings (SSSR count). The van der Waals surface area contributed by atoms with Crippen LogP contribution in [0.1, 0.15) is 296 Å². The van der Waals surface area contributed by atoms with Crippen molar-refractivity contribution in [2.45, 2.75) is 302 Å². The smallest absolute Gasteiger partial charge is 0.462 e. The number of ether oxygens (including phenoxy) is 2. The summed E-state index contributed by atoms with van der Waals surface area (Å²) in [5.41, 5.74) is 0. The number of hydrogen-bond acceptors (Lipinski definition) is 6. The summed E-state index contributed by atoms with van der Waals surface area (Å²) >= 11 is 0. The molecule has 9 heteroatoms. The standard InChI is InChI=1S/C53H103O8P/c1-3-5-7-9-11-13-15-17-19-21-23-25-26-28-29-31-33-35-37-39-41-43-45-47-52(54)59-49-51(50-60-62(56,57)58)61-53(55)48-46-44-42-40-38-36-34-32-30-27-24-22-20-18-16-14-12-10-8-6-4-2/h18,20,51H,3-17,19,21-50H2,1-2H3,(H2,56,57,58)/b20-18+/t51-/m1/s1. The molecule has 0 aromatic rings. The van der Waals surface area contributed by atoms with Gasteiger partial charge in [0.15, 0.2) is 6.10 Å². The minimum absolute atomic E-state index is 0.216. The van der Waals surface area contributed by atoms with E-state index in [0.717, 1.165) is 38.5 Å². The minimum atomic E-state index is -4.76. The zero-order valence-corrected chi connectivity index (χ0v) is 41.9. The van der Waals surface area contributed by atoms with Crippen LogP contribution in [0.4, 0.5) is 0 Å². The first-order valence-corrected chi connectivity index (χ1v) is 28.5. The van der Waals surface area contributed by atoms with E-state index in [2.05, 4.69) is 30.5 Å². The van der Waals surface area contributed by atoms with E-state index in [1.807, 2.05) is 0 Å². The number of allylic oxidation sites excluding steroid dienone is 2. The lowest BCUT2D eigenvalue weighted by Gasteiger charge is -2.18. The number of carbonyl (C=O) groups excluding carboxylic acids is 2. The van der Waals surface area contributed by atoms with Crippen molar-refractivity contribution in [3.8, 4) is 0 Å². The molecular formula is C53H103O8P. The molecule has 0 aromatic carbocycles. The Bertz CT molecular complexity index is 1010. The van der Waals surface area contributed by atoms with Crippen LogP contribution in [0.5, 0.6) is 0 Å². The van der Waals surface area contributed by atoms with E-state index >= 15 is 0 Å². The zero-order valence-electron chi connectivity index (χ0n) is 41.1. The molecule has 0 amide bonds. The third kappa shape index (κ3) is 51.4. The molecule has 0 bridgehead atoms. The molecule has 8 nitrogen and oxygen atoms in total. The zero-order chi connectivity index (χ0) is 45.3. The van der Waals surface area contributed by atoms with Gasteiger partial charge in [0.2, 0.25) is 0 Å². The summed E-state index contributed by atoms with van der Waals surface area (Å²) in [4.78, 5) is 43.2. The molecule has 0 aliphatic carbocycles. The highest BCUT2D eigenvalue weighted by atomic mass is 31.2. The van der Waals surface area contributed by atoms with E-state index in [0.29, 0.717) is 6.42 Å². The summed E-state index contributed by atoms with van der Waals surface area (Å²) in [6, 6.07) is 0. The van der Waals surface area contributed by atoms with Gasteiger partial charge in [-0.25, -0.2) is 4.57 Å². The Morgan fingerprint density at radius 3 is 0.984 bits per heavy atom. The summed E-state index contributed by atoms with van der Waals surface area (Å²) in [5.74, 6) is -0.865. The average Bonchev–Trinajstić information content (AvgIpc) is 3.25. The van der Waals surface area contributed by atoms with E-state index in [1.54, 1.807) is 0 Å². The van der Waals surface area contributed by atoms with Crippen LogP contribution in [0, 0.1) is 0 Å². The van der Waals surface area contributed by atoms with Gasteiger partial charge >= 0.3 is 19.8 Å². The number of carbonyl (C=O) groups is 2. The topological polar surface area (TPSA) is 119 Å². The molecule has 0 saturated carbocycles. The van der Waals surface area contributed by atoms with E-state index in [4.69, 9.17) is 19.3 Å². The second kappa shape index (κ2) is 49.2. The molecule has 62 heavy (non-hydrogen) atoms. The van der Waals surface area contributed by atoms with Crippen molar-refractivity contribution in [1.82, 2.24) is 0 Å². The third-order valence-electron chi connectivity index (χ3n) is 12.3. The summed E-state index contributed by atoms with van der Waals surface area (Å²) in [5, 5.41) is 0. The lowest BCUT2D eigenvalue weighted by molar-refractivity contribution is -0.161. The highest BCUT2D eigenvalue weighted by molar-refractivity contribution is 7.46. The van der Waals surface area contributed by atoms with E-state index in [9.17, 15) is 14.2 Å². The van der Waals surface area contributed by atoms with E-state index < -0.39 is 32.5 Å². The maximum absolute atomic E-state index is 12.5. The average molecular weight is 899 g/mol. The van der Waals surface area contributed by atoms with Crippen molar-refractivity contribution < 1.29 is 37.9 Å². The van der Waals surface area contributed by atoms with Crippen LogP contribution >= 0.6 is 7.82 Å². The van der Waals surface area contributed by atoms with Crippen molar-refractivity contribution in [3.63, 3.8) is 0 Å². The second-order valence-electron chi connectivity index (χ2n) is 18.6. The number of unbranched alkanes of at least 4 members (excludes halogenated alkanes) is 39. The van der Waals surface area contributed by atoms with E-state index in [1.165, 1.54) is 225 Å².